The maximum Gasteiger partial charge on any atom is 0.129 e. The van der Waals surface area contributed by atoms with Gasteiger partial charge in [-0.25, -0.2) is 14.4 Å². The standard InChI is InChI=1S/C22H19FN2S2/c1-13-7-9-17(10-8-13)19-14(2)27-22-20(19)21(24-15(3)25-22)26-12-16-5-4-6-18(23)11-16/h4-11H,12H2,1-3H3. The van der Waals surface area contributed by atoms with E-state index in [1.807, 2.05) is 13.0 Å². The topological polar surface area (TPSA) is 25.8 Å². The van der Waals surface area contributed by atoms with Crippen molar-refractivity contribution in [2.75, 3.05) is 0 Å². The van der Waals surface area contributed by atoms with E-state index in [0.717, 1.165) is 26.6 Å². The van der Waals surface area contributed by atoms with Crippen LogP contribution >= 0.6 is 23.1 Å². The number of hydrogen-bond acceptors (Lipinski definition) is 4. The van der Waals surface area contributed by atoms with Crippen LogP contribution in [0.15, 0.2) is 53.6 Å². The molecule has 4 rings (SSSR count). The molecule has 27 heavy (non-hydrogen) atoms. The highest BCUT2D eigenvalue weighted by Crippen LogP contribution is 2.42. The van der Waals surface area contributed by atoms with Crippen molar-refractivity contribution >= 4 is 33.3 Å². The third-order valence-corrected chi connectivity index (χ3v) is 6.46. The van der Waals surface area contributed by atoms with Gasteiger partial charge in [-0.2, -0.15) is 0 Å². The molecule has 0 amide bonds. The number of thioether (sulfide) groups is 1. The molecule has 0 saturated heterocycles. The van der Waals surface area contributed by atoms with E-state index in [4.69, 9.17) is 4.98 Å². The van der Waals surface area contributed by atoms with Crippen molar-refractivity contribution in [3.05, 3.63) is 76.2 Å². The van der Waals surface area contributed by atoms with Crippen LogP contribution in [-0.4, -0.2) is 9.97 Å². The third kappa shape index (κ3) is 3.75. The summed E-state index contributed by atoms with van der Waals surface area (Å²) < 4.78 is 13.5. The third-order valence-electron chi connectivity index (χ3n) is 4.41. The predicted molar refractivity (Wildman–Crippen MR) is 113 cm³/mol. The molecule has 0 bridgehead atoms. The summed E-state index contributed by atoms with van der Waals surface area (Å²) in [4.78, 5) is 11.6. The number of nitrogens with zero attached hydrogens (tertiary/aromatic N) is 2. The first-order valence-corrected chi connectivity index (χ1v) is 10.5. The summed E-state index contributed by atoms with van der Waals surface area (Å²) in [5.74, 6) is 1.23. The lowest BCUT2D eigenvalue weighted by atomic mass is 10.0. The maximum atomic E-state index is 13.5. The van der Waals surface area contributed by atoms with Crippen molar-refractivity contribution in [3.8, 4) is 11.1 Å². The molecule has 4 aromatic rings. The van der Waals surface area contributed by atoms with Gasteiger partial charge in [0.25, 0.3) is 0 Å². The van der Waals surface area contributed by atoms with Crippen LogP contribution in [0.2, 0.25) is 0 Å². The first-order chi connectivity index (χ1) is 13.0. The van der Waals surface area contributed by atoms with E-state index in [0.29, 0.717) is 5.75 Å². The molecule has 2 nitrogen and oxygen atoms in total. The molecular weight excluding hydrogens is 375 g/mol. The molecule has 0 N–H and O–H groups in total. The number of hydrogen-bond donors (Lipinski definition) is 0. The van der Waals surface area contributed by atoms with Crippen molar-refractivity contribution in [2.45, 2.75) is 31.6 Å². The van der Waals surface area contributed by atoms with Crippen LogP contribution in [0.25, 0.3) is 21.3 Å². The van der Waals surface area contributed by atoms with Crippen LogP contribution in [0.3, 0.4) is 0 Å². The van der Waals surface area contributed by atoms with Gasteiger partial charge >= 0.3 is 0 Å². The van der Waals surface area contributed by atoms with Crippen LogP contribution in [0.4, 0.5) is 4.39 Å². The SMILES string of the molecule is Cc1ccc(-c2c(C)sc3nc(C)nc(SCc4cccc(F)c4)c23)cc1. The van der Waals surface area contributed by atoms with Gasteiger partial charge in [-0.3, -0.25) is 0 Å². The van der Waals surface area contributed by atoms with Crippen molar-refractivity contribution in [1.82, 2.24) is 9.97 Å². The van der Waals surface area contributed by atoms with E-state index in [-0.39, 0.29) is 5.82 Å². The Labute approximate surface area is 166 Å². The number of fused-ring (bicyclic) bond motifs is 1. The molecule has 0 saturated carbocycles. The summed E-state index contributed by atoms with van der Waals surface area (Å²) in [6.07, 6.45) is 0. The van der Waals surface area contributed by atoms with Gasteiger partial charge in [-0.05, 0) is 44.0 Å². The van der Waals surface area contributed by atoms with Crippen LogP contribution in [0.5, 0.6) is 0 Å². The molecule has 2 aromatic heterocycles. The van der Waals surface area contributed by atoms with E-state index in [9.17, 15) is 4.39 Å². The largest absolute Gasteiger partial charge is 0.226 e. The van der Waals surface area contributed by atoms with E-state index in [2.05, 4.69) is 43.1 Å². The molecule has 0 aliphatic rings. The molecule has 5 heteroatoms. The lowest BCUT2D eigenvalue weighted by Gasteiger charge is -2.08. The van der Waals surface area contributed by atoms with Gasteiger partial charge in [0.2, 0.25) is 0 Å². The summed E-state index contributed by atoms with van der Waals surface area (Å²) >= 11 is 3.35. The minimum Gasteiger partial charge on any atom is -0.226 e. The fourth-order valence-electron chi connectivity index (χ4n) is 3.13. The first kappa shape index (κ1) is 18.1. The van der Waals surface area contributed by atoms with Gasteiger partial charge in [-0.1, -0.05) is 42.0 Å². The van der Waals surface area contributed by atoms with Gasteiger partial charge < -0.3 is 0 Å². The molecule has 0 aliphatic heterocycles. The lowest BCUT2D eigenvalue weighted by Crippen LogP contribution is -1.92. The Morgan fingerprint density at radius 1 is 1.00 bits per heavy atom. The highest BCUT2D eigenvalue weighted by atomic mass is 32.2. The summed E-state index contributed by atoms with van der Waals surface area (Å²) in [5.41, 5.74) is 4.58. The first-order valence-electron chi connectivity index (χ1n) is 8.73. The number of thiophene rings is 1. The monoisotopic (exact) mass is 394 g/mol. The Morgan fingerprint density at radius 2 is 1.78 bits per heavy atom. The van der Waals surface area contributed by atoms with E-state index < -0.39 is 0 Å². The molecule has 2 aromatic carbocycles. The number of rotatable bonds is 4. The molecule has 0 radical (unpaired) electrons. The molecule has 0 aliphatic carbocycles. The number of benzene rings is 2. The van der Waals surface area contributed by atoms with Gasteiger partial charge in [0.05, 0.1) is 5.39 Å². The average molecular weight is 395 g/mol. The van der Waals surface area contributed by atoms with Gasteiger partial charge in [0.15, 0.2) is 0 Å². The smallest absolute Gasteiger partial charge is 0.129 e. The summed E-state index contributed by atoms with van der Waals surface area (Å²) in [6, 6.07) is 15.3. The predicted octanol–water partition coefficient (Wildman–Crippen LogP) is 6.71. The Morgan fingerprint density at radius 3 is 2.52 bits per heavy atom. The molecule has 136 valence electrons. The van der Waals surface area contributed by atoms with Gasteiger partial charge in [0, 0.05) is 16.2 Å². The van der Waals surface area contributed by atoms with Crippen LogP contribution < -0.4 is 0 Å². The zero-order valence-electron chi connectivity index (χ0n) is 15.4. The van der Waals surface area contributed by atoms with E-state index >= 15 is 0 Å². The molecular formula is C22H19FN2S2. The Hall–Kier alpha value is -2.24. The second-order valence-corrected chi connectivity index (χ2v) is 8.74. The summed E-state index contributed by atoms with van der Waals surface area (Å²) in [7, 11) is 0. The molecule has 2 heterocycles. The average Bonchev–Trinajstić information content (AvgIpc) is 2.96. The Kier molecular flexibility index (Phi) is 4.98. The Bertz CT molecular complexity index is 1120. The van der Waals surface area contributed by atoms with E-state index in [1.54, 1.807) is 35.2 Å². The van der Waals surface area contributed by atoms with Crippen LogP contribution in [-0.2, 0) is 5.75 Å². The second-order valence-electron chi connectivity index (χ2n) is 6.57. The van der Waals surface area contributed by atoms with Crippen LogP contribution in [0.1, 0.15) is 21.8 Å². The molecule has 0 atom stereocenters. The van der Waals surface area contributed by atoms with Gasteiger partial charge in [-0.15, -0.1) is 23.1 Å². The van der Waals surface area contributed by atoms with E-state index in [1.165, 1.54) is 27.6 Å². The molecule has 0 fully saturated rings. The maximum absolute atomic E-state index is 13.5. The highest BCUT2D eigenvalue weighted by molar-refractivity contribution is 7.98. The summed E-state index contributed by atoms with van der Waals surface area (Å²) in [6.45, 7) is 6.15. The second kappa shape index (κ2) is 7.41. The zero-order valence-corrected chi connectivity index (χ0v) is 17.0. The van der Waals surface area contributed by atoms with Crippen LogP contribution in [0, 0.1) is 26.6 Å². The van der Waals surface area contributed by atoms with Crippen molar-refractivity contribution in [1.29, 1.82) is 0 Å². The minimum atomic E-state index is -0.205. The minimum absolute atomic E-state index is 0.205. The highest BCUT2D eigenvalue weighted by Gasteiger charge is 2.18. The number of halogens is 1. The normalized spacial score (nSPS) is 11.3. The molecule has 0 spiro atoms. The number of aromatic nitrogens is 2. The fraction of sp³-hybridized carbons (Fsp3) is 0.182. The Balaban J connectivity index is 1.80. The quantitative estimate of drug-likeness (QED) is 0.284. The van der Waals surface area contributed by atoms with Gasteiger partial charge in [0.1, 0.15) is 21.5 Å². The number of aryl methyl sites for hydroxylation is 3. The zero-order chi connectivity index (χ0) is 19.0. The summed E-state index contributed by atoms with van der Waals surface area (Å²) in [5, 5.41) is 2.06. The molecule has 0 unspecified atom stereocenters. The lowest BCUT2D eigenvalue weighted by molar-refractivity contribution is 0.626. The van der Waals surface area contributed by atoms with Crippen molar-refractivity contribution < 1.29 is 4.39 Å². The fourth-order valence-corrected chi connectivity index (χ4v) is 5.31. The van der Waals surface area contributed by atoms with Crippen molar-refractivity contribution in [3.63, 3.8) is 0 Å². The van der Waals surface area contributed by atoms with Crippen molar-refractivity contribution in [2.24, 2.45) is 0 Å².